The summed E-state index contributed by atoms with van der Waals surface area (Å²) in [5, 5.41) is -0.836. The van der Waals surface area contributed by atoms with Crippen LogP contribution >= 0.6 is 22.5 Å². The summed E-state index contributed by atoms with van der Waals surface area (Å²) in [5.74, 6) is 0.0558. The van der Waals surface area contributed by atoms with E-state index in [9.17, 15) is 28.7 Å². The van der Waals surface area contributed by atoms with Crippen LogP contribution < -0.4 is 14.7 Å². The Morgan fingerprint density at radius 2 is 1.81 bits per heavy atom. The molecule has 4 atom stereocenters. The number of allylic oxidation sites excluding steroid dienone is 5. The molecule has 7 nitrogen and oxygen atoms in total. The highest BCUT2D eigenvalue weighted by molar-refractivity contribution is 7.98. The minimum atomic E-state index is -5.08. The molecule has 0 amide bonds. The maximum Gasteiger partial charge on any atom is 0.171 e. The summed E-state index contributed by atoms with van der Waals surface area (Å²) < 4.78 is 27.2. The fraction of sp³-hybridized carbons (Fsp3) is 0.588. The van der Waals surface area contributed by atoms with Gasteiger partial charge in [-0.05, 0) is 66.1 Å². The van der Waals surface area contributed by atoms with Gasteiger partial charge in [-0.3, -0.25) is 4.31 Å². The predicted molar refractivity (Wildman–Crippen MR) is 105 cm³/mol. The van der Waals surface area contributed by atoms with Crippen molar-refractivity contribution in [3.63, 3.8) is 0 Å². The van der Waals surface area contributed by atoms with Gasteiger partial charge in [-0.1, -0.05) is 36.3 Å². The van der Waals surface area contributed by atoms with Crippen LogP contribution in [0.25, 0.3) is 0 Å². The lowest BCUT2D eigenvalue weighted by molar-refractivity contribution is -0.209. The first-order chi connectivity index (χ1) is 12.3. The van der Waals surface area contributed by atoms with Crippen molar-refractivity contribution in [2.75, 3.05) is 0 Å². The molecule has 0 spiro atoms. The third kappa shape index (κ3) is 8.77. The van der Waals surface area contributed by atoms with E-state index < -0.39 is 27.6 Å². The standard InChI is InChI=1S/C17H30O7P3/c1-14(2)7-5-8-15(3)9-6-10-16(4)11-12-17-25(18,19)13-26(20,21)24-27(17,22)23/h7,9,12-13,16H,5-6,8,10-11H2,1-4H3,(H3-,18,19,20,21,22,23)/q-1/p-2/b15-9+,17-12-. The van der Waals surface area contributed by atoms with E-state index in [1.54, 1.807) is 0 Å². The Labute approximate surface area is 161 Å². The SMILES string of the molecule is CC(C)=CCC/C(C)=C/CCC(C)C/C=C1\P(=O)([O-])OP(=O)([O-])C=P1([O-])O. The molecule has 0 aromatic rings. The Morgan fingerprint density at radius 3 is 2.37 bits per heavy atom. The molecular formula is C17H28O7P3-3. The van der Waals surface area contributed by atoms with Gasteiger partial charge in [-0.25, -0.2) is 0 Å². The van der Waals surface area contributed by atoms with Crippen LogP contribution in [0.3, 0.4) is 0 Å². The first kappa shape index (κ1) is 24.8. The van der Waals surface area contributed by atoms with Gasteiger partial charge in [0, 0.05) is 10.6 Å². The zero-order chi connectivity index (χ0) is 20.9. The number of hydrogen-bond donors (Lipinski definition) is 1. The maximum atomic E-state index is 12.1. The van der Waals surface area contributed by atoms with Crippen molar-refractivity contribution in [1.29, 1.82) is 0 Å². The molecule has 0 saturated heterocycles. The first-order valence-electron chi connectivity index (χ1n) is 8.78. The van der Waals surface area contributed by atoms with Crippen LogP contribution in [-0.2, 0) is 13.4 Å². The maximum absolute atomic E-state index is 12.1. The zero-order valence-corrected chi connectivity index (χ0v) is 18.8. The molecule has 156 valence electrons. The van der Waals surface area contributed by atoms with Gasteiger partial charge in [-0.15, -0.1) is 0 Å². The van der Waals surface area contributed by atoms with Crippen LogP contribution in [0.2, 0.25) is 0 Å². The minimum absolute atomic E-state index is 0.0558. The Kier molecular flexibility index (Phi) is 9.19. The molecule has 0 radical (unpaired) electrons. The molecule has 4 unspecified atom stereocenters. The summed E-state index contributed by atoms with van der Waals surface area (Å²) in [6.07, 6.45) is 9.24. The van der Waals surface area contributed by atoms with E-state index in [-0.39, 0.29) is 17.9 Å². The van der Waals surface area contributed by atoms with E-state index in [1.807, 2.05) is 6.92 Å². The smallest absolute Gasteiger partial charge is 0.171 e. The second-order valence-corrected chi connectivity index (χ2v) is 13.4. The number of hydrogen-bond acceptors (Lipinski definition) is 7. The van der Waals surface area contributed by atoms with Crippen LogP contribution in [0.15, 0.2) is 34.4 Å². The van der Waals surface area contributed by atoms with Crippen LogP contribution in [-0.4, -0.2) is 10.4 Å². The molecular weight excluding hydrogens is 409 g/mol. The largest absolute Gasteiger partial charge is 0.805 e. The van der Waals surface area contributed by atoms with Crippen molar-refractivity contribution in [1.82, 2.24) is 0 Å². The lowest BCUT2D eigenvalue weighted by Crippen LogP contribution is -2.21. The minimum Gasteiger partial charge on any atom is -0.805 e. The lowest BCUT2D eigenvalue weighted by Gasteiger charge is -2.45. The molecule has 27 heavy (non-hydrogen) atoms. The average Bonchev–Trinajstić information content (AvgIpc) is 2.42. The second kappa shape index (κ2) is 10.0. The Hall–Kier alpha value is -0.220. The van der Waals surface area contributed by atoms with Crippen LogP contribution in [0.4, 0.5) is 0 Å². The molecule has 0 bridgehead atoms. The highest BCUT2D eigenvalue weighted by Gasteiger charge is 2.31. The van der Waals surface area contributed by atoms with Crippen LogP contribution in [0, 0.1) is 5.92 Å². The molecule has 0 aromatic heterocycles. The van der Waals surface area contributed by atoms with E-state index in [0.717, 1.165) is 31.8 Å². The summed E-state index contributed by atoms with van der Waals surface area (Å²) in [4.78, 5) is 45.0. The molecule has 0 aromatic carbocycles. The highest BCUT2D eigenvalue weighted by atomic mass is 31.3. The molecule has 1 rings (SSSR count). The average molecular weight is 437 g/mol. The summed E-state index contributed by atoms with van der Waals surface area (Å²) in [5.41, 5.74) is 2.67. The summed E-state index contributed by atoms with van der Waals surface area (Å²) in [6.45, 7) is 8.09. The summed E-state index contributed by atoms with van der Waals surface area (Å²) in [6, 6.07) is 0. The predicted octanol–water partition coefficient (Wildman–Crippen LogP) is 3.42. The molecule has 10 heteroatoms. The van der Waals surface area contributed by atoms with Gasteiger partial charge in [0.25, 0.3) is 0 Å². The normalized spacial score (nSPS) is 34.2. The van der Waals surface area contributed by atoms with Gasteiger partial charge >= 0.3 is 0 Å². The third-order valence-corrected chi connectivity index (χ3v) is 11.4. The van der Waals surface area contributed by atoms with Gasteiger partial charge < -0.3 is 28.7 Å². The van der Waals surface area contributed by atoms with Crippen molar-refractivity contribution in [3.8, 4) is 0 Å². The van der Waals surface area contributed by atoms with Gasteiger partial charge in [-0.2, -0.15) is 0 Å². The monoisotopic (exact) mass is 437 g/mol. The Bertz CT molecular complexity index is 769. The van der Waals surface area contributed by atoms with E-state index >= 15 is 0 Å². The van der Waals surface area contributed by atoms with Crippen molar-refractivity contribution in [3.05, 3.63) is 34.4 Å². The topological polar surface area (TPSA) is 133 Å². The zero-order valence-electron chi connectivity index (χ0n) is 16.2. The van der Waals surface area contributed by atoms with Gasteiger partial charge in [0.05, 0.1) is 0 Å². The van der Waals surface area contributed by atoms with Crippen molar-refractivity contribution >= 4 is 28.1 Å². The number of rotatable bonds is 8. The Morgan fingerprint density at radius 1 is 1.19 bits per heavy atom. The Balaban J connectivity index is 2.67. The van der Waals surface area contributed by atoms with E-state index in [2.05, 4.69) is 37.2 Å². The fourth-order valence-corrected chi connectivity index (χ4v) is 9.59. The summed E-state index contributed by atoms with van der Waals surface area (Å²) >= 11 is 0. The quantitative estimate of drug-likeness (QED) is 0.454. The molecule has 1 aliphatic rings. The van der Waals surface area contributed by atoms with Crippen molar-refractivity contribution in [2.24, 2.45) is 5.92 Å². The van der Waals surface area contributed by atoms with Gasteiger partial charge in [0.15, 0.2) is 15.2 Å². The lowest BCUT2D eigenvalue weighted by atomic mass is 10.0. The van der Waals surface area contributed by atoms with E-state index in [0.29, 0.717) is 0 Å². The van der Waals surface area contributed by atoms with E-state index in [4.69, 9.17) is 0 Å². The third-order valence-electron chi connectivity index (χ3n) is 4.07. The molecule has 1 heterocycles. The molecule has 0 saturated carbocycles. The van der Waals surface area contributed by atoms with Gasteiger partial charge in [0.2, 0.25) is 0 Å². The van der Waals surface area contributed by atoms with E-state index in [1.165, 1.54) is 11.1 Å². The summed E-state index contributed by atoms with van der Waals surface area (Å²) in [7, 11) is -14.7. The van der Waals surface area contributed by atoms with Crippen molar-refractivity contribution in [2.45, 2.75) is 59.8 Å². The highest BCUT2D eigenvalue weighted by Crippen LogP contribution is 2.74. The second-order valence-electron chi connectivity index (χ2n) is 7.21. The van der Waals surface area contributed by atoms with Crippen molar-refractivity contribution < 1.29 is 33.0 Å². The molecule has 0 aliphatic carbocycles. The van der Waals surface area contributed by atoms with Gasteiger partial charge in [0.1, 0.15) is 0 Å². The molecule has 0 fully saturated rings. The first-order valence-corrected chi connectivity index (χ1v) is 13.7. The van der Waals surface area contributed by atoms with Crippen LogP contribution in [0.5, 0.6) is 0 Å². The molecule has 1 aliphatic heterocycles. The van der Waals surface area contributed by atoms with Crippen LogP contribution in [0.1, 0.15) is 59.8 Å². The fourth-order valence-electron chi connectivity index (χ4n) is 2.61. The molecule has 1 N–H and O–H groups in total.